The van der Waals surface area contributed by atoms with Gasteiger partial charge in [-0.05, 0) is 49.9 Å². The van der Waals surface area contributed by atoms with Gasteiger partial charge in [0.1, 0.15) is 0 Å². The Labute approximate surface area is 173 Å². The van der Waals surface area contributed by atoms with Gasteiger partial charge in [-0.2, -0.15) is 0 Å². The third-order valence-corrected chi connectivity index (χ3v) is 6.44. The van der Waals surface area contributed by atoms with E-state index in [4.69, 9.17) is 0 Å². The minimum Gasteiger partial charge on any atom is -0.309 e. The third-order valence-electron chi connectivity index (χ3n) is 6.44. The minimum atomic E-state index is -0.0727. The van der Waals surface area contributed by atoms with Crippen molar-refractivity contribution in [3.63, 3.8) is 0 Å². The highest BCUT2D eigenvalue weighted by molar-refractivity contribution is 5.98. The molecule has 2 aromatic rings. The van der Waals surface area contributed by atoms with Crippen molar-refractivity contribution in [3.8, 4) is 0 Å². The molecule has 1 aliphatic heterocycles. The Balaban J connectivity index is 1.72. The summed E-state index contributed by atoms with van der Waals surface area (Å²) in [5.74, 6) is 0.418. The van der Waals surface area contributed by atoms with E-state index in [9.17, 15) is 9.59 Å². The van der Waals surface area contributed by atoms with Crippen molar-refractivity contribution < 1.29 is 9.59 Å². The molecular formula is C25H30N2O2. The van der Waals surface area contributed by atoms with E-state index in [1.54, 1.807) is 6.92 Å². The van der Waals surface area contributed by atoms with Crippen molar-refractivity contribution in [2.24, 2.45) is 5.92 Å². The summed E-state index contributed by atoms with van der Waals surface area (Å²) in [4.78, 5) is 30.0. The predicted molar refractivity (Wildman–Crippen MR) is 117 cm³/mol. The molecule has 1 heterocycles. The van der Waals surface area contributed by atoms with Gasteiger partial charge in [0, 0.05) is 30.3 Å². The molecule has 152 valence electrons. The van der Waals surface area contributed by atoms with Gasteiger partial charge in [-0.3, -0.25) is 9.59 Å². The molecule has 1 saturated carbocycles. The van der Waals surface area contributed by atoms with Gasteiger partial charge < -0.3 is 9.80 Å². The Morgan fingerprint density at radius 1 is 0.931 bits per heavy atom. The van der Waals surface area contributed by atoms with Crippen LogP contribution in [0.1, 0.15) is 64.0 Å². The highest BCUT2D eigenvalue weighted by Crippen LogP contribution is 2.43. The molecule has 4 rings (SSSR count). The maximum Gasteiger partial charge on any atom is 0.230 e. The highest BCUT2D eigenvalue weighted by Gasteiger charge is 2.39. The molecule has 4 heteroatoms. The average molecular weight is 391 g/mol. The molecule has 0 spiro atoms. The lowest BCUT2D eigenvalue weighted by molar-refractivity contribution is -0.123. The summed E-state index contributed by atoms with van der Waals surface area (Å²) in [6.45, 7) is 3.74. The number of rotatable bonds is 3. The summed E-state index contributed by atoms with van der Waals surface area (Å²) in [5, 5.41) is 0. The van der Waals surface area contributed by atoms with Crippen molar-refractivity contribution in [2.75, 3.05) is 9.80 Å². The Hall–Kier alpha value is -2.62. The molecule has 0 radical (unpaired) electrons. The maximum atomic E-state index is 13.5. The van der Waals surface area contributed by atoms with E-state index in [1.807, 2.05) is 58.3 Å². The molecule has 0 N–H and O–H groups in total. The Morgan fingerprint density at radius 2 is 1.59 bits per heavy atom. The second-order valence-corrected chi connectivity index (χ2v) is 8.43. The van der Waals surface area contributed by atoms with Crippen LogP contribution in [0.2, 0.25) is 0 Å². The minimum absolute atomic E-state index is 0.0234. The first-order valence-electron chi connectivity index (χ1n) is 10.8. The monoisotopic (exact) mass is 390 g/mol. The fourth-order valence-electron chi connectivity index (χ4n) is 5.08. The number of anilines is 2. The molecule has 29 heavy (non-hydrogen) atoms. The summed E-state index contributed by atoms with van der Waals surface area (Å²) in [7, 11) is 0. The van der Waals surface area contributed by atoms with Crippen LogP contribution in [0.15, 0.2) is 54.6 Å². The summed E-state index contributed by atoms with van der Waals surface area (Å²) in [6, 6.07) is 17.9. The first-order valence-corrected chi connectivity index (χ1v) is 10.8. The number of fused-ring (bicyclic) bond motifs is 1. The van der Waals surface area contributed by atoms with Crippen molar-refractivity contribution >= 4 is 23.2 Å². The lowest BCUT2D eigenvalue weighted by atomic mass is 9.85. The van der Waals surface area contributed by atoms with Gasteiger partial charge in [0.25, 0.3) is 0 Å². The Morgan fingerprint density at radius 3 is 2.28 bits per heavy atom. The SMILES string of the molecule is CC(=O)N(c1ccccc1)[C@H]1C[C@@H](C)N(C(=O)C2CCCCC2)c2ccccc21. The zero-order valence-corrected chi connectivity index (χ0v) is 17.4. The zero-order chi connectivity index (χ0) is 20.4. The number of para-hydroxylation sites is 2. The fourth-order valence-corrected chi connectivity index (χ4v) is 5.08. The number of hydrogen-bond acceptors (Lipinski definition) is 2. The Kier molecular flexibility index (Phi) is 5.70. The maximum absolute atomic E-state index is 13.5. The molecule has 1 fully saturated rings. The van der Waals surface area contributed by atoms with Crippen molar-refractivity contribution in [1.29, 1.82) is 0 Å². The molecule has 2 amide bonds. The first-order chi connectivity index (χ1) is 14.1. The number of benzene rings is 2. The summed E-state index contributed by atoms with van der Waals surface area (Å²) >= 11 is 0. The largest absolute Gasteiger partial charge is 0.309 e. The van der Waals surface area contributed by atoms with Crippen LogP contribution >= 0.6 is 0 Å². The van der Waals surface area contributed by atoms with Gasteiger partial charge in [-0.1, -0.05) is 55.7 Å². The van der Waals surface area contributed by atoms with Gasteiger partial charge in [0.05, 0.1) is 6.04 Å². The van der Waals surface area contributed by atoms with Gasteiger partial charge >= 0.3 is 0 Å². The van der Waals surface area contributed by atoms with Crippen LogP contribution in [-0.2, 0) is 9.59 Å². The molecular weight excluding hydrogens is 360 g/mol. The number of carbonyl (C=O) groups excluding carboxylic acids is 2. The summed E-state index contributed by atoms with van der Waals surface area (Å²) in [6.07, 6.45) is 6.27. The zero-order valence-electron chi connectivity index (χ0n) is 17.4. The van der Waals surface area contributed by atoms with Crippen LogP contribution in [0.5, 0.6) is 0 Å². The lowest BCUT2D eigenvalue weighted by Gasteiger charge is -2.44. The molecule has 0 bridgehead atoms. The fraction of sp³-hybridized carbons (Fsp3) is 0.440. The van der Waals surface area contributed by atoms with Gasteiger partial charge in [0.2, 0.25) is 11.8 Å². The van der Waals surface area contributed by atoms with E-state index in [0.717, 1.165) is 49.0 Å². The normalized spacial score (nSPS) is 22.1. The van der Waals surface area contributed by atoms with Gasteiger partial charge in [-0.15, -0.1) is 0 Å². The third kappa shape index (κ3) is 3.81. The quantitative estimate of drug-likeness (QED) is 0.696. The molecule has 4 nitrogen and oxygen atoms in total. The second kappa shape index (κ2) is 8.40. The van der Waals surface area contributed by atoms with Gasteiger partial charge in [-0.25, -0.2) is 0 Å². The van der Waals surface area contributed by atoms with E-state index in [0.29, 0.717) is 0 Å². The molecule has 0 saturated heterocycles. The molecule has 2 atom stereocenters. The smallest absolute Gasteiger partial charge is 0.230 e. The van der Waals surface area contributed by atoms with Crippen LogP contribution in [0.25, 0.3) is 0 Å². The molecule has 1 aliphatic carbocycles. The highest BCUT2D eigenvalue weighted by atomic mass is 16.2. The number of hydrogen-bond donors (Lipinski definition) is 0. The van der Waals surface area contributed by atoms with Crippen LogP contribution in [-0.4, -0.2) is 17.9 Å². The van der Waals surface area contributed by atoms with Crippen LogP contribution in [0, 0.1) is 5.92 Å². The van der Waals surface area contributed by atoms with Crippen LogP contribution in [0.4, 0.5) is 11.4 Å². The van der Waals surface area contributed by atoms with Crippen molar-refractivity contribution in [3.05, 3.63) is 60.2 Å². The number of nitrogens with zero attached hydrogens (tertiary/aromatic N) is 2. The summed E-state index contributed by atoms with van der Waals surface area (Å²) in [5.41, 5.74) is 2.93. The average Bonchev–Trinajstić information content (AvgIpc) is 2.75. The van der Waals surface area contributed by atoms with E-state index in [2.05, 4.69) is 13.0 Å². The first kappa shape index (κ1) is 19.7. The number of carbonyl (C=O) groups is 2. The van der Waals surface area contributed by atoms with Crippen LogP contribution in [0.3, 0.4) is 0 Å². The molecule has 2 aromatic carbocycles. The lowest BCUT2D eigenvalue weighted by Crippen LogP contribution is -2.49. The van der Waals surface area contributed by atoms with E-state index >= 15 is 0 Å². The Bertz CT molecular complexity index is 873. The molecule has 2 aliphatic rings. The van der Waals surface area contributed by atoms with Crippen molar-refractivity contribution in [1.82, 2.24) is 0 Å². The van der Waals surface area contributed by atoms with E-state index in [-0.39, 0.29) is 29.8 Å². The summed E-state index contributed by atoms with van der Waals surface area (Å²) < 4.78 is 0. The van der Waals surface area contributed by atoms with Gasteiger partial charge in [0.15, 0.2) is 0 Å². The second-order valence-electron chi connectivity index (χ2n) is 8.43. The standard InChI is InChI=1S/C25H30N2O2/c1-18-17-24(27(19(2)28)21-13-7-4-8-14-21)22-15-9-10-16-23(22)26(18)25(29)20-11-5-3-6-12-20/h4,7-10,13-16,18,20,24H,3,5-6,11-12,17H2,1-2H3/t18-,24+/m1/s1. The number of amides is 2. The van der Waals surface area contributed by atoms with Crippen LogP contribution < -0.4 is 9.80 Å². The molecule has 0 aromatic heterocycles. The predicted octanol–water partition coefficient (Wildman–Crippen LogP) is 5.49. The topological polar surface area (TPSA) is 40.6 Å². The van der Waals surface area contributed by atoms with Crippen molar-refractivity contribution in [2.45, 2.75) is 64.5 Å². The molecule has 0 unspecified atom stereocenters. The van der Waals surface area contributed by atoms with E-state index in [1.165, 1.54) is 6.42 Å². The van der Waals surface area contributed by atoms with E-state index < -0.39 is 0 Å².